The molecule has 0 aliphatic carbocycles. The maximum atomic E-state index is 12.2. The fraction of sp³-hybridized carbons (Fsp3) is 0.353. The van der Waals surface area contributed by atoms with Gasteiger partial charge in [0, 0.05) is 12.2 Å². The summed E-state index contributed by atoms with van der Waals surface area (Å²) in [5.41, 5.74) is 1.15. The molecule has 9 heteroatoms. The molecule has 0 saturated heterocycles. The van der Waals surface area contributed by atoms with E-state index in [-0.39, 0.29) is 6.04 Å². The predicted octanol–water partition coefficient (Wildman–Crippen LogP) is 2.29. The van der Waals surface area contributed by atoms with Crippen molar-refractivity contribution in [2.75, 3.05) is 6.61 Å². The number of nitrogens with zero attached hydrogens (tertiary/aromatic N) is 2. The summed E-state index contributed by atoms with van der Waals surface area (Å²) in [4.78, 5) is 44.2. The molecule has 8 nitrogen and oxygen atoms in total. The van der Waals surface area contributed by atoms with Gasteiger partial charge in [-0.3, -0.25) is 15.1 Å². The lowest BCUT2D eigenvalue weighted by Gasteiger charge is -2.11. The molecule has 0 aliphatic rings. The van der Waals surface area contributed by atoms with Crippen LogP contribution in [-0.2, 0) is 9.53 Å². The molecule has 0 bridgehead atoms. The van der Waals surface area contributed by atoms with Crippen molar-refractivity contribution in [2.45, 2.75) is 33.2 Å². The molecule has 0 aromatic carbocycles. The molecule has 0 fully saturated rings. The number of amides is 3. The molecule has 0 spiro atoms. The third kappa shape index (κ3) is 5.35. The van der Waals surface area contributed by atoms with E-state index in [0.29, 0.717) is 21.3 Å². The minimum absolute atomic E-state index is 0.0600. The first-order valence-electron chi connectivity index (χ1n) is 8.07. The van der Waals surface area contributed by atoms with E-state index in [2.05, 4.69) is 20.6 Å². The topological polar surface area (TPSA) is 110 Å². The zero-order valence-corrected chi connectivity index (χ0v) is 15.6. The Morgan fingerprint density at radius 1 is 1.31 bits per heavy atom. The molecule has 26 heavy (non-hydrogen) atoms. The molecule has 2 aromatic rings. The van der Waals surface area contributed by atoms with Crippen LogP contribution in [0.4, 0.5) is 4.79 Å². The van der Waals surface area contributed by atoms with Gasteiger partial charge in [-0.25, -0.2) is 14.6 Å². The monoisotopic (exact) mass is 376 g/mol. The average molecular weight is 376 g/mol. The van der Waals surface area contributed by atoms with E-state index in [0.717, 1.165) is 17.8 Å². The minimum atomic E-state index is -0.703. The van der Waals surface area contributed by atoms with Crippen LogP contribution >= 0.6 is 11.3 Å². The maximum Gasteiger partial charge on any atom is 0.350 e. The molecule has 0 saturated carbocycles. The van der Waals surface area contributed by atoms with E-state index in [1.54, 1.807) is 25.3 Å². The summed E-state index contributed by atoms with van der Waals surface area (Å²) in [6, 6.07) is 4.72. The van der Waals surface area contributed by atoms with Gasteiger partial charge in [-0.2, -0.15) is 0 Å². The average Bonchev–Trinajstić information content (AvgIpc) is 3.02. The number of hydrogen-bond donors (Lipinski definition) is 2. The van der Waals surface area contributed by atoms with Crippen LogP contribution in [0.5, 0.6) is 0 Å². The Morgan fingerprint density at radius 3 is 2.73 bits per heavy atom. The van der Waals surface area contributed by atoms with Gasteiger partial charge in [0.2, 0.25) is 0 Å². The largest absolute Gasteiger partial charge is 0.451 e. The summed E-state index contributed by atoms with van der Waals surface area (Å²) in [6.07, 6.45) is 2.37. The van der Waals surface area contributed by atoms with E-state index in [1.165, 1.54) is 0 Å². The van der Waals surface area contributed by atoms with Crippen molar-refractivity contribution in [1.82, 2.24) is 20.6 Å². The van der Waals surface area contributed by atoms with Crippen molar-refractivity contribution in [3.63, 3.8) is 0 Å². The smallest absolute Gasteiger partial charge is 0.350 e. The van der Waals surface area contributed by atoms with Crippen molar-refractivity contribution >= 4 is 29.2 Å². The lowest BCUT2D eigenvalue weighted by atomic mass is 10.3. The normalized spacial score (nSPS) is 11.5. The summed E-state index contributed by atoms with van der Waals surface area (Å²) in [6.45, 7) is 4.85. The van der Waals surface area contributed by atoms with E-state index in [9.17, 15) is 14.4 Å². The van der Waals surface area contributed by atoms with Crippen molar-refractivity contribution in [3.05, 3.63) is 35.0 Å². The lowest BCUT2D eigenvalue weighted by molar-refractivity contribution is -0.123. The molecule has 2 N–H and O–H groups in total. The van der Waals surface area contributed by atoms with Crippen molar-refractivity contribution < 1.29 is 19.1 Å². The van der Waals surface area contributed by atoms with Crippen molar-refractivity contribution in [3.8, 4) is 10.7 Å². The number of urea groups is 1. The molecule has 2 heterocycles. The number of esters is 1. The molecular formula is C17H20N4O4S. The molecule has 0 unspecified atom stereocenters. The quantitative estimate of drug-likeness (QED) is 0.749. The molecular weight excluding hydrogens is 356 g/mol. The lowest BCUT2D eigenvalue weighted by Crippen LogP contribution is -2.44. The Labute approximate surface area is 155 Å². The number of nitrogens with one attached hydrogen (secondary N) is 2. The SMILES string of the molecule is CC[C@H](C)NC(=O)NC(=O)COC(=O)c1sc(-c2ccccn2)nc1C. The van der Waals surface area contributed by atoms with Crippen LogP contribution < -0.4 is 10.6 Å². The molecule has 2 aromatic heterocycles. The molecule has 3 amide bonds. The van der Waals surface area contributed by atoms with Gasteiger partial charge in [0.1, 0.15) is 9.88 Å². The standard InChI is InChI=1S/C17H20N4O4S/c1-4-10(2)19-17(24)21-13(22)9-25-16(23)14-11(3)20-15(26-14)12-7-5-6-8-18-12/h5-8,10H,4,9H2,1-3H3,(H2,19,21,22,24)/t10-/m0/s1. The number of aryl methyl sites for hydroxylation is 1. The van der Waals surface area contributed by atoms with Gasteiger partial charge in [-0.1, -0.05) is 13.0 Å². The Hall–Kier alpha value is -2.81. The number of carbonyl (C=O) groups excluding carboxylic acids is 3. The molecule has 1 atom stereocenters. The predicted molar refractivity (Wildman–Crippen MR) is 96.8 cm³/mol. The van der Waals surface area contributed by atoms with Gasteiger partial charge in [-0.15, -0.1) is 11.3 Å². The van der Waals surface area contributed by atoms with Crippen LogP contribution in [-0.4, -0.2) is 40.5 Å². The van der Waals surface area contributed by atoms with Crippen LogP contribution in [0, 0.1) is 6.92 Å². The fourth-order valence-electron chi connectivity index (χ4n) is 1.91. The van der Waals surface area contributed by atoms with Gasteiger partial charge in [0.25, 0.3) is 5.91 Å². The second kappa shape index (κ2) is 9.04. The molecule has 2 rings (SSSR count). The van der Waals surface area contributed by atoms with Gasteiger partial charge in [0.05, 0.1) is 11.4 Å². The van der Waals surface area contributed by atoms with Gasteiger partial charge in [0.15, 0.2) is 6.61 Å². The number of thiazole rings is 1. The summed E-state index contributed by atoms with van der Waals surface area (Å²) in [5, 5.41) is 5.28. The number of hydrogen-bond acceptors (Lipinski definition) is 7. The Bertz CT molecular complexity index is 791. The summed E-state index contributed by atoms with van der Waals surface area (Å²) in [7, 11) is 0. The highest BCUT2D eigenvalue weighted by Gasteiger charge is 2.19. The summed E-state index contributed by atoms with van der Waals surface area (Å²) < 4.78 is 4.97. The molecule has 138 valence electrons. The first kappa shape index (κ1) is 19.5. The minimum Gasteiger partial charge on any atom is -0.451 e. The maximum absolute atomic E-state index is 12.2. The van der Waals surface area contributed by atoms with Crippen LogP contribution in [0.1, 0.15) is 35.6 Å². The summed E-state index contributed by atoms with van der Waals surface area (Å²) in [5.74, 6) is -1.37. The fourth-order valence-corrected chi connectivity index (χ4v) is 2.84. The van der Waals surface area contributed by atoms with Crippen LogP contribution in [0.3, 0.4) is 0 Å². The number of pyridine rings is 1. The highest BCUT2D eigenvalue weighted by molar-refractivity contribution is 7.17. The number of carbonyl (C=O) groups is 3. The number of aromatic nitrogens is 2. The van der Waals surface area contributed by atoms with Gasteiger partial charge < -0.3 is 10.1 Å². The van der Waals surface area contributed by atoms with E-state index in [4.69, 9.17) is 4.74 Å². The zero-order valence-electron chi connectivity index (χ0n) is 14.7. The Balaban J connectivity index is 1.91. The Kier molecular flexibility index (Phi) is 6.79. The van der Waals surface area contributed by atoms with E-state index < -0.39 is 24.5 Å². The van der Waals surface area contributed by atoms with Crippen LogP contribution in [0.25, 0.3) is 10.7 Å². The third-order valence-electron chi connectivity index (χ3n) is 3.44. The number of ether oxygens (including phenoxy) is 1. The second-order valence-corrected chi connectivity index (χ2v) is 6.55. The van der Waals surface area contributed by atoms with Crippen molar-refractivity contribution in [2.24, 2.45) is 0 Å². The molecule has 0 aliphatic heterocycles. The molecule has 0 radical (unpaired) electrons. The van der Waals surface area contributed by atoms with Gasteiger partial charge in [-0.05, 0) is 32.4 Å². The Morgan fingerprint density at radius 2 is 2.08 bits per heavy atom. The summed E-state index contributed by atoms with van der Waals surface area (Å²) >= 11 is 1.14. The first-order valence-corrected chi connectivity index (χ1v) is 8.88. The van der Waals surface area contributed by atoms with Crippen LogP contribution in [0.2, 0.25) is 0 Å². The van der Waals surface area contributed by atoms with E-state index in [1.807, 2.05) is 19.9 Å². The number of imide groups is 1. The highest BCUT2D eigenvalue weighted by atomic mass is 32.1. The third-order valence-corrected chi connectivity index (χ3v) is 4.60. The second-order valence-electron chi connectivity index (χ2n) is 5.56. The number of rotatable bonds is 6. The van der Waals surface area contributed by atoms with E-state index >= 15 is 0 Å². The van der Waals surface area contributed by atoms with Crippen LogP contribution in [0.15, 0.2) is 24.4 Å². The zero-order chi connectivity index (χ0) is 19.1. The highest BCUT2D eigenvalue weighted by Crippen LogP contribution is 2.26. The first-order chi connectivity index (χ1) is 12.4. The van der Waals surface area contributed by atoms with Gasteiger partial charge >= 0.3 is 12.0 Å². The van der Waals surface area contributed by atoms with Crippen molar-refractivity contribution in [1.29, 1.82) is 0 Å².